The van der Waals surface area contributed by atoms with Gasteiger partial charge in [0.15, 0.2) is 0 Å². The molecule has 21 heavy (non-hydrogen) atoms. The first kappa shape index (κ1) is 16.2. The quantitative estimate of drug-likeness (QED) is 0.831. The van der Waals surface area contributed by atoms with E-state index in [0.29, 0.717) is 5.02 Å². The standard InChI is InChI=1S/C17H19Cl2NO/c1-11(13-5-4-6-14(18)9-13)20(3)15-7-8-16(12(2)21)17(19)10-15/h4-12,21H,1-3H3. The minimum Gasteiger partial charge on any atom is -0.389 e. The van der Waals surface area contributed by atoms with Gasteiger partial charge in [-0.1, -0.05) is 41.4 Å². The van der Waals surface area contributed by atoms with Gasteiger partial charge in [-0.3, -0.25) is 0 Å². The van der Waals surface area contributed by atoms with Crippen molar-refractivity contribution in [2.24, 2.45) is 0 Å². The summed E-state index contributed by atoms with van der Waals surface area (Å²) in [5, 5.41) is 10.9. The van der Waals surface area contributed by atoms with Gasteiger partial charge in [-0.05, 0) is 49.2 Å². The van der Waals surface area contributed by atoms with E-state index in [4.69, 9.17) is 23.2 Å². The molecular weight excluding hydrogens is 305 g/mol. The van der Waals surface area contributed by atoms with Crippen LogP contribution in [0.15, 0.2) is 42.5 Å². The summed E-state index contributed by atoms with van der Waals surface area (Å²) in [6.07, 6.45) is -0.567. The molecule has 2 atom stereocenters. The lowest BCUT2D eigenvalue weighted by molar-refractivity contribution is 0.199. The number of nitrogens with zero attached hydrogens (tertiary/aromatic N) is 1. The largest absolute Gasteiger partial charge is 0.389 e. The van der Waals surface area contributed by atoms with Crippen LogP contribution in [-0.4, -0.2) is 12.2 Å². The predicted octanol–water partition coefficient (Wildman–Crippen LogP) is 5.24. The summed E-state index contributed by atoms with van der Waals surface area (Å²) in [7, 11) is 2.01. The van der Waals surface area contributed by atoms with E-state index in [0.717, 1.165) is 21.8 Å². The van der Waals surface area contributed by atoms with Gasteiger partial charge in [0.2, 0.25) is 0 Å². The number of hydrogen-bond donors (Lipinski definition) is 1. The average Bonchev–Trinajstić information content (AvgIpc) is 2.45. The van der Waals surface area contributed by atoms with E-state index in [-0.39, 0.29) is 6.04 Å². The fourth-order valence-corrected chi connectivity index (χ4v) is 2.82. The fraction of sp³-hybridized carbons (Fsp3) is 0.294. The van der Waals surface area contributed by atoms with Crippen molar-refractivity contribution in [3.8, 4) is 0 Å². The highest BCUT2D eigenvalue weighted by molar-refractivity contribution is 6.31. The van der Waals surface area contributed by atoms with Gasteiger partial charge < -0.3 is 10.0 Å². The van der Waals surface area contributed by atoms with E-state index in [9.17, 15) is 5.11 Å². The second-order valence-corrected chi connectivity index (χ2v) is 6.07. The van der Waals surface area contributed by atoms with Gasteiger partial charge in [-0.25, -0.2) is 0 Å². The summed E-state index contributed by atoms with van der Waals surface area (Å²) in [4.78, 5) is 2.13. The van der Waals surface area contributed by atoms with Gasteiger partial charge in [-0.15, -0.1) is 0 Å². The van der Waals surface area contributed by atoms with Gasteiger partial charge in [0.1, 0.15) is 0 Å². The Labute approximate surface area is 135 Å². The van der Waals surface area contributed by atoms with Crippen molar-refractivity contribution in [2.45, 2.75) is 26.0 Å². The van der Waals surface area contributed by atoms with Crippen LogP contribution in [0.4, 0.5) is 5.69 Å². The Hall–Kier alpha value is -1.22. The highest BCUT2D eigenvalue weighted by Crippen LogP contribution is 2.31. The molecule has 0 aliphatic carbocycles. The lowest BCUT2D eigenvalue weighted by Gasteiger charge is -2.28. The summed E-state index contributed by atoms with van der Waals surface area (Å²) in [6.45, 7) is 3.82. The van der Waals surface area contributed by atoms with Gasteiger partial charge >= 0.3 is 0 Å². The van der Waals surface area contributed by atoms with Crippen LogP contribution in [-0.2, 0) is 0 Å². The number of halogens is 2. The minimum atomic E-state index is -0.567. The summed E-state index contributed by atoms with van der Waals surface area (Å²) in [6, 6.07) is 13.7. The molecule has 0 aliphatic heterocycles. The molecule has 0 aliphatic rings. The summed E-state index contributed by atoms with van der Waals surface area (Å²) in [5.41, 5.74) is 2.88. The lowest BCUT2D eigenvalue weighted by atomic mass is 10.1. The van der Waals surface area contributed by atoms with Crippen LogP contribution in [0.2, 0.25) is 10.0 Å². The fourth-order valence-electron chi connectivity index (χ4n) is 2.29. The van der Waals surface area contributed by atoms with Crippen LogP contribution in [0.5, 0.6) is 0 Å². The van der Waals surface area contributed by atoms with Crippen molar-refractivity contribution in [3.63, 3.8) is 0 Å². The van der Waals surface area contributed by atoms with Crippen LogP contribution in [0, 0.1) is 0 Å². The van der Waals surface area contributed by atoms with E-state index in [1.807, 2.05) is 43.4 Å². The third-order valence-corrected chi connectivity index (χ3v) is 4.32. The normalized spacial score (nSPS) is 13.8. The molecule has 112 valence electrons. The Balaban J connectivity index is 2.27. The molecule has 2 unspecified atom stereocenters. The van der Waals surface area contributed by atoms with E-state index < -0.39 is 6.10 Å². The number of anilines is 1. The third-order valence-electron chi connectivity index (χ3n) is 3.75. The molecule has 0 saturated heterocycles. The van der Waals surface area contributed by atoms with Crippen LogP contribution < -0.4 is 4.90 Å². The monoisotopic (exact) mass is 323 g/mol. The molecule has 0 saturated carbocycles. The number of aliphatic hydroxyl groups excluding tert-OH is 1. The Bertz CT molecular complexity index is 628. The van der Waals surface area contributed by atoms with Crippen LogP contribution in [0.25, 0.3) is 0 Å². The first-order valence-electron chi connectivity index (χ1n) is 6.86. The van der Waals surface area contributed by atoms with Crippen molar-refractivity contribution in [1.82, 2.24) is 0 Å². The van der Waals surface area contributed by atoms with E-state index in [1.54, 1.807) is 6.92 Å². The number of aliphatic hydroxyl groups is 1. The molecule has 0 heterocycles. The highest BCUT2D eigenvalue weighted by atomic mass is 35.5. The molecule has 1 N–H and O–H groups in total. The summed E-state index contributed by atoms with van der Waals surface area (Å²) < 4.78 is 0. The molecule has 0 radical (unpaired) electrons. The van der Waals surface area contributed by atoms with Crippen molar-refractivity contribution in [3.05, 3.63) is 63.6 Å². The zero-order valence-corrected chi connectivity index (χ0v) is 13.9. The van der Waals surface area contributed by atoms with E-state index in [1.165, 1.54) is 0 Å². The van der Waals surface area contributed by atoms with Crippen molar-refractivity contribution >= 4 is 28.9 Å². The van der Waals surface area contributed by atoms with Crippen molar-refractivity contribution < 1.29 is 5.11 Å². The average molecular weight is 324 g/mol. The van der Waals surface area contributed by atoms with Crippen LogP contribution in [0.1, 0.15) is 37.1 Å². The van der Waals surface area contributed by atoms with Gasteiger partial charge in [-0.2, -0.15) is 0 Å². The first-order valence-corrected chi connectivity index (χ1v) is 7.61. The lowest BCUT2D eigenvalue weighted by Crippen LogP contribution is -2.21. The summed E-state index contributed by atoms with van der Waals surface area (Å²) >= 11 is 12.3. The molecule has 2 aromatic carbocycles. The molecule has 0 amide bonds. The van der Waals surface area contributed by atoms with E-state index in [2.05, 4.69) is 17.9 Å². The molecule has 0 spiro atoms. The predicted molar refractivity (Wildman–Crippen MR) is 90.4 cm³/mol. The molecular formula is C17H19Cl2NO. The van der Waals surface area contributed by atoms with Gasteiger partial charge in [0.05, 0.1) is 12.1 Å². The van der Waals surface area contributed by atoms with Gasteiger partial charge in [0.25, 0.3) is 0 Å². The number of benzene rings is 2. The molecule has 4 heteroatoms. The molecule has 0 bridgehead atoms. The maximum absolute atomic E-state index is 9.64. The zero-order chi connectivity index (χ0) is 15.6. The topological polar surface area (TPSA) is 23.5 Å². The van der Waals surface area contributed by atoms with Gasteiger partial charge in [0, 0.05) is 22.8 Å². The van der Waals surface area contributed by atoms with Crippen LogP contribution in [0.3, 0.4) is 0 Å². The maximum atomic E-state index is 9.64. The second-order valence-electron chi connectivity index (χ2n) is 5.22. The Morgan fingerprint density at radius 3 is 2.33 bits per heavy atom. The van der Waals surface area contributed by atoms with Crippen molar-refractivity contribution in [1.29, 1.82) is 0 Å². The third kappa shape index (κ3) is 3.70. The molecule has 2 nitrogen and oxygen atoms in total. The zero-order valence-electron chi connectivity index (χ0n) is 12.3. The molecule has 0 aromatic heterocycles. The Morgan fingerprint density at radius 1 is 1.05 bits per heavy atom. The summed E-state index contributed by atoms with van der Waals surface area (Å²) in [5.74, 6) is 0. The maximum Gasteiger partial charge on any atom is 0.0776 e. The number of rotatable bonds is 4. The first-order chi connectivity index (χ1) is 9.90. The van der Waals surface area contributed by atoms with E-state index >= 15 is 0 Å². The van der Waals surface area contributed by atoms with Crippen molar-refractivity contribution in [2.75, 3.05) is 11.9 Å². The smallest absolute Gasteiger partial charge is 0.0776 e. The SMILES string of the molecule is CC(O)c1ccc(N(C)C(C)c2cccc(Cl)c2)cc1Cl. The minimum absolute atomic E-state index is 0.164. The van der Waals surface area contributed by atoms with Crippen LogP contribution >= 0.6 is 23.2 Å². The number of hydrogen-bond acceptors (Lipinski definition) is 2. The Morgan fingerprint density at radius 2 is 1.76 bits per heavy atom. The molecule has 2 aromatic rings. The highest BCUT2D eigenvalue weighted by Gasteiger charge is 2.15. The molecule has 2 rings (SSSR count). The second kappa shape index (κ2) is 6.69. The molecule has 0 fully saturated rings. The Kier molecular flexibility index (Phi) is 5.15.